The van der Waals surface area contributed by atoms with Crippen LogP contribution >= 0.6 is 0 Å². The number of hydrogen-bond donors (Lipinski definition) is 0. The van der Waals surface area contributed by atoms with Crippen LogP contribution in [0, 0.1) is 5.41 Å². The Hall–Kier alpha value is -0.330. The lowest BCUT2D eigenvalue weighted by molar-refractivity contribution is -0.127. The van der Waals surface area contributed by atoms with Crippen molar-refractivity contribution < 1.29 is 4.79 Å². The van der Waals surface area contributed by atoms with Crippen LogP contribution in [0.25, 0.3) is 0 Å². The fourth-order valence-electron chi connectivity index (χ4n) is 3.16. The zero-order valence-corrected chi connectivity index (χ0v) is 12.6. The van der Waals surface area contributed by atoms with E-state index in [0.29, 0.717) is 5.78 Å². The highest BCUT2D eigenvalue weighted by Gasteiger charge is 2.34. The Morgan fingerprint density at radius 1 is 0.889 bits per heavy atom. The van der Waals surface area contributed by atoms with Gasteiger partial charge in [0, 0.05) is 11.8 Å². The first kappa shape index (κ1) is 15.7. The normalized spacial score (nSPS) is 18.1. The molecule has 0 saturated heterocycles. The van der Waals surface area contributed by atoms with E-state index in [1.54, 1.807) is 0 Å². The van der Waals surface area contributed by atoms with Gasteiger partial charge in [-0.2, -0.15) is 0 Å². The summed E-state index contributed by atoms with van der Waals surface area (Å²) in [5.41, 5.74) is 0.0567. The minimum Gasteiger partial charge on any atom is -0.299 e. The topological polar surface area (TPSA) is 17.1 Å². The molecular weight excluding hydrogens is 220 g/mol. The molecule has 18 heavy (non-hydrogen) atoms. The van der Waals surface area contributed by atoms with Gasteiger partial charge in [0.25, 0.3) is 0 Å². The molecule has 0 heterocycles. The van der Waals surface area contributed by atoms with Crippen LogP contribution in [0.3, 0.4) is 0 Å². The van der Waals surface area contributed by atoms with Crippen molar-refractivity contribution in [1.82, 2.24) is 0 Å². The molecular formula is C17H32O. The summed E-state index contributed by atoms with van der Waals surface area (Å²) in [6.45, 7) is 4.45. The second kappa shape index (κ2) is 8.72. The molecule has 106 valence electrons. The third-order valence-corrected chi connectivity index (χ3v) is 4.64. The fraction of sp³-hybridized carbons (Fsp3) is 0.941. The van der Waals surface area contributed by atoms with Gasteiger partial charge in [-0.1, -0.05) is 71.6 Å². The van der Waals surface area contributed by atoms with Gasteiger partial charge in [0.15, 0.2) is 0 Å². The molecule has 1 aliphatic carbocycles. The van der Waals surface area contributed by atoms with Crippen molar-refractivity contribution in [1.29, 1.82) is 0 Å². The van der Waals surface area contributed by atoms with E-state index in [1.807, 2.05) is 0 Å². The van der Waals surface area contributed by atoms with Crippen LogP contribution in [0.2, 0.25) is 0 Å². The van der Waals surface area contributed by atoms with Crippen LogP contribution in [0.4, 0.5) is 0 Å². The number of unbranched alkanes of at least 4 members (excludes halogenated alkanes) is 7. The number of ketones is 1. The molecule has 0 unspecified atom stereocenters. The van der Waals surface area contributed by atoms with E-state index in [4.69, 9.17) is 0 Å². The van der Waals surface area contributed by atoms with Gasteiger partial charge in [-0.15, -0.1) is 0 Å². The van der Waals surface area contributed by atoms with Crippen molar-refractivity contribution in [2.24, 2.45) is 5.41 Å². The summed E-state index contributed by atoms with van der Waals surface area (Å²) in [5, 5.41) is 0. The van der Waals surface area contributed by atoms with Crippen LogP contribution in [0.5, 0.6) is 0 Å². The van der Waals surface area contributed by atoms with E-state index in [0.717, 1.165) is 25.7 Å². The summed E-state index contributed by atoms with van der Waals surface area (Å²) < 4.78 is 0. The van der Waals surface area contributed by atoms with Gasteiger partial charge in [0.2, 0.25) is 0 Å². The Labute approximate surface area is 114 Å². The van der Waals surface area contributed by atoms with Gasteiger partial charge in [-0.25, -0.2) is 0 Å². The molecule has 0 amide bonds. The Morgan fingerprint density at radius 2 is 1.39 bits per heavy atom. The van der Waals surface area contributed by atoms with Crippen LogP contribution in [-0.4, -0.2) is 5.78 Å². The maximum absolute atomic E-state index is 12.1. The number of rotatable bonds is 10. The third-order valence-electron chi connectivity index (χ3n) is 4.64. The van der Waals surface area contributed by atoms with Gasteiger partial charge >= 0.3 is 0 Å². The maximum atomic E-state index is 12.1. The van der Waals surface area contributed by atoms with Crippen molar-refractivity contribution in [3.05, 3.63) is 0 Å². The predicted octanol–water partition coefficient (Wildman–Crippen LogP) is 5.67. The fourth-order valence-corrected chi connectivity index (χ4v) is 3.16. The number of hydrogen-bond acceptors (Lipinski definition) is 1. The van der Waals surface area contributed by atoms with E-state index >= 15 is 0 Å². The molecule has 1 nitrogen and oxygen atoms in total. The van der Waals surface area contributed by atoms with Crippen molar-refractivity contribution in [3.8, 4) is 0 Å². The van der Waals surface area contributed by atoms with Crippen molar-refractivity contribution in [3.63, 3.8) is 0 Å². The Bertz CT molecular complexity index is 226. The van der Waals surface area contributed by atoms with Crippen molar-refractivity contribution >= 4 is 5.78 Å². The summed E-state index contributed by atoms with van der Waals surface area (Å²) in [5.74, 6) is 0.547. The minimum absolute atomic E-state index is 0.0567. The van der Waals surface area contributed by atoms with Gasteiger partial charge in [0.1, 0.15) is 5.78 Å². The second-order valence-corrected chi connectivity index (χ2v) is 6.42. The Kier molecular flexibility index (Phi) is 7.62. The lowest BCUT2D eigenvalue weighted by Gasteiger charge is -2.21. The summed E-state index contributed by atoms with van der Waals surface area (Å²) in [4.78, 5) is 12.1. The van der Waals surface area contributed by atoms with Crippen LogP contribution in [0.1, 0.15) is 97.3 Å². The molecule has 1 heteroatoms. The average Bonchev–Trinajstić information content (AvgIpc) is 2.81. The summed E-state index contributed by atoms with van der Waals surface area (Å²) >= 11 is 0. The van der Waals surface area contributed by atoms with Crippen molar-refractivity contribution in [2.45, 2.75) is 97.3 Å². The van der Waals surface area contributed by atoms with Crippen LogP contribution in [0.15, 0.2) is 0 Å². The monoisotopic (exact) mass is 252 g/mol. The molecule has 0 radical (unpaired) electrons. The summed E-state index contributed by atoms with van der Waals surface area (Å²) in [6, 6.07) is 0. The van der Waals surface area contributed by atoms with E-state index in [1.165, 1.54) is 57.8 Å². The maximum Gasteiger partial charge on any atom is 0.138 e. The zero-order valence-electron chi connectivity index (χ0n) is 12.6. The molecule has 1 fully saturated rings. The molecule has 1 rings (SSSR count). The molecule has 0 spiro atoms. The largest absolute Gasteiger partial charge is 0.299 e. The molecule has 0 aromatic carbocycles. The first-order valence-electron chi connectivity index (χ1n) is 8.22. The molecule has 0 bridgehead atoms. The molecule has 0 aliphatic heterocycles. The summed E-state index contributed by atoms with van der Waals surface area (Å²) in [6.07, 6.45) is 16.2. The molecule has 0 atom stereocenters. The Balaban J connectivity index is 1.96. The molecule has 1 saturated carbocycles. The van der Waals surface area contributed by atoms with Crippen LogP contribution in [-0.2, 0) is 4.79 Å². The van der Waals surface area contributed by atoms with Crippen molar-refractivity contribution in [2.75, 3.05) is 0 Å². The van der Waals surface area contributed by atoms with E-state index in [2.05, 4.69) is 13.8 Å². The smallest absolute Gasteiger partial charge is 0.138 e. The highest BCUT2D eigenvalue weighted by Crippen LogP contribution is 2.39. The van der Waals surface area contributed by atoms with E-state index in [-0.39, 0.29) is 5.41 Å². The Morgan fingerprint density at radius 3 is 1.94 bits per heavy atom. The predicted molar refractivity (Wildman–Crippen MR) is 78.8 cm³/mol. The van der Waals surface area contributed by atoms with E-state index < -0.39 is 0 Å². The minimum atomic E-state index is 0.0567. The van der Waals surface area contributed by atoms with Gasteiger partial charge in [0.05, 0.1) is 0 Å². The SMILES string of the molecule is CCCCCCCCCCC(=O)C1(C)CCCC1. The quantitative estimate of drug-likeness (QED) is 0.458. The number of carbonyl (C=O) groups is 1. The average molecular weight is 252 g/mol. The standard InChI is InChI=1S/C17H32O/c1-3-4-5-6-7-8-9-10-13-16(18)17(2)14-11-12-15-17/h3-15H2,1-2H3. The summed E-state index contributed by atoms with van der Waals surface area (Å²) in [7, 11) is 0. The highest BCUT2D eigenvalue weighted by atomic mass is 16.1. The van der Waals surface area contributed by atoms with Gasteiger partial charge in [-0.3, -0.25) is 4.79 Å². The second-order valence-electron chi connectivity index (χ2n) is 6.42. The van der Waals surface area contributed by atoms with Gasteiger partial charge in [-0.05, 0) is 19.3 Å². The molecule has 0 aromatic rings. The first-order chi connectivity index (χ1) is 8.69. The molecule has 0 N–H and O–H groups in total. The zero-order chi connectivity index (χ0) is 13.3. The van der Waals surface area contributed by atoms with Crippen LogP contribution < -0.4 is 0 Å². The molecule has 1 aliphatic rings. The van der Waals surface area contributed by atoms with Gasteiger partial charge < -0.3 is 0 Å². The first-order valence-corrected chi connectivity index (χ1v) is 8.22. The third kappa shape index (κ3) is 5.54. The highest BCUT2D eigenvalue weighted by molar-refractivity contribution is 5.84. The lowest BCUT2D eigenvalue weighted by Crippen LogP contribution is -2.23. The molecule has 0 aromatic heterocycles. The lowest BCUT2D eigenvalue weighted by atomic mass is 9.82. The number of carbonyl (C=O) groups excluding carboxylic acids is 1. The number of Topliss-reactive ketones (excluding diaryl/α,β-unsaturated/α-hetero) is 1. The van der Waals surface area contributed by atoms with E-state index in [9.17, 15) is 4.79 Å².